The minimum absolute atomic E-state index is 0.309. The second-order valence-electron chi connectivity index (χ2n) is 14.6. The van der Waals surface area contributed by atoms with E-state index in [0.717, 1.165) is 32.1 Å². The summed E-state index contributed by atoms with van der Waals surface area (Å²) >= 11 is 0. The molecule has 0 aliphatic rings. The monoisotopic (exact) mass is 654 g/mol. The van der Waals surface area contributed by atoms with Gasteiger partial charge in [-0.2, -0.15) is 0 Å². The maximum absolute atomic E-state index is 12.4. The van der Waals surface area contributed by atoms with Crippen LogP contribution in [0.15, 0.2) is 0 Å². The van der Waals surface area contributed by atoms with Gasteiger partial charge < -0.3 is 20.6 Å². The molecule has 0 aliphatic carbocycles. The second-order valence-corrected chi connectivity index (χ2v) is 14.6. The molecule has 0 fully saturated rings. The average molecular weight is 654 g/mol. The van der Waals surface area contributed by atoms with Gasteiger partial charge in [-0.25, -0.2) is 0 Å². The number of carbonyl (C=O) groups excluding carboxylic acids is 1. The Morgan fingerprint density at radius 2 is 0.696 bits per heavy atom. The number of aliphatic hydroxyl groups excluding tert-OH is 3. The lowest BCUT2D eigenvalue weighted by Gasteiger charge is -2.23. The van der Waals surface area contributed by atoms with Gasteiger partial charge in [-0.15, -0.1) is 0 Å². The van der Waals surface area contributed by atoms with Crippen molar-refractivity contribution in [1.29, 1.82) is 0 Å². The van der Waals surface area contributed by atoms with E-state index in [1.165, 1.54) is 173 Å². The molecule has 0 aliphatic heterocycles. The lowest BCUT2D eigenvalue weighted by atomic mass is 10.0. The zero-order chi connectivity index (χ0) is 33.8. The molecule has 1 amide bonds. The highest BCUT2D eigenvalue weighted by atomic mass is 16.3. The normalized spacial score (nSPS) is 13.6. The predicted molar refractivity (Wildman–Crippen MR) is 199 cm³/mol. The van der Waals surface area contributed by atoms with Crippen LogP contribution in [0.1, 0.15) is 232 Å². The fourth-order valence-electron chi connectivity index (χ4n) is 6.66. The van der Waals surface area contributed by atoms with Crippen molar-refractivity contribution in [3.63, 3.8) is 0 Å². The first-order chi connectivity index (χ1) is 22.6. The highest BCUT2D eigenvalue weighted by molar-refractivity contribution is 5.80. The van der Waals surface area contributed by atoms with Gasteiger partial charge >= 0.3 is 0 Å². The summed E-state index contributed by atoms with van der Waals surface area (Å²) < 4.78 is 0. The molecule has 5 heteroatoms. The summed E-state index contributed by atoms with van der Waals surface area (Å²) in [7, 11) is 0. The predicted octanol–water partition coefficient (Wildman–Crippen LogP) is 11.5. The molecule has 0 saturated heterocycles. The molecular weight excluding hydrogens is 570 g/mol. The molecule has 3 unspecified atom stereocenters. The molecule has 3 atom stereocenters. The van der Waals surface area contributed by atoms with Crippen LogP contribution in [-0.2, 0) is 4.79 Å². The molecule has 0 bridgehead atoms. The fourth-order valence-corrected chi connectivity index (χ4v) is 6.66. The Morgan fingerprint density at radius 1 is 0.435 bits per heavy atom. The van der Waals surface area contributed by atoms with Gasteiger partial charge in [0.05, 0.1) is 18.8 Å². The third-order valence-electron chi connectivity index (χ3n) is 9.98. The molecule has 0 aromatic carbocycles. The van der Waals surface area contributed by atoms with E-state index < -0.39 is 24.2 Å². The van der Waals surface area contributed by atoms with Gasteiger partial charge in [-0.3, -0.25) is 4.79 Å². The maximum Gasteiger partial charge on any atom is 0.249 e. The Kier molecular flexibility index (Phi) is 36.6. The molecule has 0 rings (SSSR count). The van der Waals surface area contributed by atoms with Crippen molar-refractivity contribution in [2.24, 2.45) is 0 Å². The van der Waals surface area contributed by atoms with Crippen molar-refractivity contribution in [2.75, 3.05) is 6.61 Å². The second kappa shape index (κ2) is 37.2. The van der Waals surface area contributed by atoms with Crippen LogP contribution in [0.3, 0.4) is 0 Å². The molecule has 0 spiro atoms. The number of hydrogen-bond acceptors (Lipinski definition) is 4. The summed E-state index contributed by atoms with van der Waals surface area (Å²) in [5.41, 5.74) is 0. The molecule has 276 valence electrons. The Morgan fingerprint density at radius 3 is 0.978 bits per heavy atom. The van der Waals surface area contributed by atoms with Gasteiger partial charge in [0.1, 0.15) is 6.10 Å². The minimum Gasteiger partial charge on any atom is -0.394 e. The Bertz CT molecular complexity index is 601. The Hall–Kier alpha value is -0.650. The highest BCUT2D eigenvalue weighted by Crippen LogP contribution is 2.17. The van der Waals surface area contributed by atoms with Gasteiger partial charge in [-0.1, -0.05) is 219 Å². The van der Waals surface area contributed by atoms with Crippen LogP contribution >= 0.6 is 0 Å². The molecule has 5 nitrogen and oxygen atoms in total. The van der Waals surface area contributed by atoms with Crippen LogP contribution in [0.25, 0.3) is 0 Å². The number of hydrogen-bond donors (Lipinski definition) is 4. The van der Waals surface area contributed by atoms with Crippen LogP contribution < -0.4 is 5.32 Å². The zero-order valence-corrected chi connectivity index (χ0v) is 31.2. The Balaban J connectivity index is 3.51. The summed E-state index contributed by atoms with van der Waals surface area (Å²) in [6, 6.07) is -0.703. The third kappa shape index (κ3) is 31.9. The van der Waals surface area contributed by atoms with Gasteiger partial charge in [0.15, 0.2) is 0 Å². The molecule has 0 aromatic rings. The molecular formula is C41H83NO4. The van der Waals surface area contributed by atoms with Gasteiger partial charge in [0.2, 0.25) is 5.91 Å². The van der Waals surface area contributed by atoms with Crippen LogP contribution in [0.2, 0.25) is 0 Å². The fraction of sp³-hybridized carbons (Fsp3) is 0.976. The van der Waals surface area contributed by atoms with Crippen LogP contribution in [0.4, 0.5) is 0 Å². The Labute approximate surface area is 287 Å². The van der Waals surface area contributed by atoms with E-state index in [-0.39, 0.29) is 6.61 Å². The summed E-state index contributed by atoms with van der Waals surface area (Å²) in [6.07, 6.45) is 41.1. The largest absolute Gasteiger partial charge is 0.394 e. The number of unbranched alkanes of at least 4 members (excludes halogenated alkanes) is 30. The molecule has 0 radical (unpaired) electrons. The maximum atomic E-state index is 12.4. The first-order valence-electron chi connectivity index (χ1n) is 20.8. The third-order valence-corrected chi connectivity index (χ3v) is 9.98. The van der Waals surface area contributed by atoms with E-state index in [9.17, 15) is 20.1 Å². The van der Waals surface area contributed by atoms with Gasteiger partial charge in [0, 0.05) is 0 Å². The summed E-state index contributed by atoms with van der Waals surface area (Å²) in [4.78, 5) is 12.4. The first-order valence-corrected chi connectivity index (χ1v) is 20.8. The van der Waals surface area contributed by atoms with Gasteiger partial charge in [0.25, 0.3) is 0 Å². The van der Waals surface area contributed by atoms with E-state index in [4.69, 9.17) is 0 Å². The molecule has 0 heterocycles. The van der Waals surface area contributed by atoms with Crippen LogP contribution in [-0.4, -0.2) is 46.1 Å². The molecule has 0 aromatic heterocycles. The number of carbonyl (C=O) groups is 1. The van der Waals surface area contributed by atoms with E-state index in [2.05, 4.69) is 19.2 Å². The van der Waals surface area contributed by atoms with Crippen LogP contribution in [0.5, 0.6) is 0 Å². The minimum atomic E-state index is -1.07. The van der Waals surface area contributed by atoms with E-state index in [1.54, 1.807) is 0 Å². The summed E-state index contributed by atoms with van der Waals surface area (Å²) in [5.74, 6) is -0.469. The van der Waals surface area contributed by atoms with Gasteiger partial charge in [-0.05, 0) is 12.8 Å². The van der Waals surface area contributed by atoms with Crippen molar-refractivity contribution in [1.82, 2.24) is 5.32 Å². The van der Waals surface area contributed by atoms with Crippen molar-refractivity contribution < 1.29 is 20.1 Å². The summed E-state index contributed by atoms with van der Waals surface area (Å²) in [5, 5.41) is 33.1. The molecule has 46 heavy (non-hydrogen) atoms. The van der Waals surface area contributed by atoms with Crippen molar-refractivity contribution in [2.45, 2.75) is 250 Å². The van der Waals surface area contributed by atoms with E-state index in [0.29, 0.717) is 12.8 Å². The number of amides is 1. The lowest BCUT2D eigenvalue weighted by Crippen LogP contribution is -2.49. The zero-order valence-electron chi connectivity index (χ0n) is 31.2. The first kappa shape index (κ1) is 45.3. The quantitative estimate of drug-likeness (QED) is 0.0499. The average Bonchev–Trinajstić information content (AvgIpc) is 3.06. The smallest absolute Gasteiger partial charge is 0.249 e. The van der Waals surface area contributed by atoms with E-state index >= 15 is 0 Å². The van der Waals surface area contributed by atoms with Crippen LogP contribution in [0, 0.1) is 0 Å². The topological polar surface area (TPSA) is 89.8 Å². The standard InChI is InChI=1S/C41H83NO4/c1-3-5-7-9-11-13-14-15-16-17-18-19-20-21-22-23-24-25-26-28-30-32-34-36-40(45)41(46)42-38(37-43)39(44)35-33-31-29-27-12-10-8-6-4-2/h38-40,43-45H,3-37H2,1-2H3,(H,42,46). The number of aliphatic hydroxyl groups is 3. The van der Waals surface area contributed by atoms with Crippen molar-refractivity contribution in [3.05, 3.63) is 0 Å². The molecule has 0 saturated carbocycles. The SMILES string of the molecule is CCCCCCCCCCCCCCCCCCCCCCCCCC(O)C(=O)NC(CO)C(O)CCCCCCCCCCC. The number of rotatable bonds is 38. The highest BCUT2D eigenvalue weighted by Gasteiger charge is 2.23. The van der Waals surface area contributed by atoms with E-state index in [1.807, 2.05) is 0 Å². The lowest BCUT2D eigenvalue weighted by molar-refractivity contribution is -0.131. The summed E-state index contributed by atoms with van der Waals surface area (Å²) in [6.45, 7) is 4.22. The number of nitrogens with one attached hydrogen (secondary N) is 1. The van der Waals surface area contributed by atoms with Crippen molar-refractivity contribution in [3.8, 4) is 0 Å². The molecule has 4 N–H and O–H groups in total. The van der Waals surface area contributed by atoms with Crippen molar-refractivity contribution >= 4 is 5.91 Å².